The molecular formula is C20H37N4O15P. The Bertz CT molecular complexity index is 847. The summed E-state index contributed by atoms with van der Waals surface area (Å²) in [6.45, 7) is 0.364. The van der Waals surface area contributed by atoms with Crippen molar-refractivity contribution in [3.05, 3.63) is 0 Å². The number of amides is 2. The Morgan fingerprint density at radius 3 is 1.88 bits per heavy atom. The van der Waals surface area contributed by atoms with E-state index in [9.17, 15) is 38.5 Å². The fourth-order valence-electron chi connectivity index (χ4n) is 2.51. The molecule has 3 atom stereocenters. The number of hydrogen-bond donors (Lipinski definition) is 8. The van der Waals surface area contributed by atoms with Crippen molar-refractivity contribution in [1.82, 2.24) is 15.7 Å². The van der Waals surface area contributed by atoms with Gasteiger partial charge >= 0.3 is 25.7 Å². The maximum atomic E-state index is 12.1. The fourth-order valence-corrected chi connectivity index (χ4v) is 3.57. The Hall–Kier alpha value is -2.74. The highest BCUT2D eigenvalue weighted by Gasteiger charge is 2.31. The summed E-state index contributed by atoms with van der Waals surface area (Å²) in [6, 6.07) is -3.61. The number of hydrogen-bond acceptors (Lipinski definition) is 12. The van der Waals surface area contributed by atoms with Gasteiger partial charge < -0.3 is 55.5 Å². The van der Waals surface area contributed by atoms with Gasteiger partial charge in [0.2, 0.25) is 11.8 Å². The minimum atomic E-state index is -4.91. The summed E-state index contributed by atoms with van der Waals surface area (Å²) < 4.78 is 37.1. The molecule has 0 aromatic rings. The number of carboxylic acid groups (broad SMARTS) is 3. The summed E-state index contributed by atoms with van der Waals surface area (Å²) in [5.74, 6) is -6.21. The SMILES string of the molecule is NCCOCCOCCOCCNC(=O)COCC(=O)NC(COP(=O)(O)N[C@@H](CCC(=O)O)C(=O)O)C(=O)O. The van der Waals surface area contributed by atoms with Crippen LogP contribution in [0.15, 0.2) is 0 Å². The molecule has 19 nitrogen and oxygen atoms in total. The topological polar surface area (TPSA) is 292 Å². The number of nitrogens with two attached hydrogens (primary N) is 1. The Balaban J connectivity index is 4.21. The maximum Gasteiger partial charge on any atom is 0.403 e. The monoisotopic (exact) mass is 604 g/mol. The van der Waals surface area contributed by atoms with E-state index in [2.05, 4.69) is 9.84 Å². The first-order valence-corrected chi connectivity index (χ1v) is 13.4. The molecule has 0 heterocycles. The van der Waals surface area contributed by atoms with Crippen molar-refractivity contribution < 1.29 is 72.2 Å². The molecule has 0 aromatic carbocycles. The lowest BCUT2D eigenvalue weighted by Crippen LogP contribution is -2.46. The first-order chi connectivity index (χ1) is 18.9. The molecule has 0 aliphatic heterocycles. The summed E-state index contributed by atoms with van der Waals surface area (Å²) in [5, 5.41) is 33.0. The average molecular weight is 605 g/mol. The zero-order valence-corrected chi connectivity index (χ0v) is 22.5. The molecule has 20 heteroatoms. The number of carboxylic acids is 3. The van der Waals surface area contributed by atoms with Gasteiger partial charge in [-0.15, -0.1) is 0 Å². The van der Waals surface area contributed by atoms with Crippen LogP contribution in [0.25, 0.3) is 0 Å². The second kappa shape index (κ2) is 22.0. The molecule has 2 amide bonds. The smallest absolute Gasteiger partial charge is 0.403 e. The summed E-state index contributed by atoms with van der Waals surface area (Å²) in [5.41, 5.74) is 5.27. The van der Waals surface area contributed by atoms with E-state index in [1.807, 2.05) is 5.32 Å². The zero-order chi connectivity index (χ0) is 30.4. The highest BCUT2D eigenvalue weighted by molar-refractivity contribution is 7.50. The van der Waals surface area contributed by atoms with Gasteiger partial charge in [-0.1, -0.05) is 0 Å². The number of nitrogens with one attached hydrogen (secondary N) is 3. The van der Waals surface area contributed by atoms with E-state index >= 15 is 0 Å². The molecule has 2 unspecified atom stereocenters. The van der Waals surface area contributed by atoms with Crippen LogP contribution in [0.1, 0.15) is 12.8 Å². The van der Waals surface area contributed by atoms with Crippen LogP contribution < -0.4 is 21.5 Å². The van der Waals surface area contributed by atoms with Gasteiger partial charge in [0.05, 0.1) is 46.2 Å². The van der Waals surface area contributed by atoms with Crippen molar-refractivity contribution in [3.8, 4) is 0 Å². The van der Waals surface area contributed by atoms with Gasteiger partial charge in [0.1, 0.15) is 19.3 Å². The van der Waals surface area contributed by atoms with Crippen LogP contribution >= 0.6 is 7.75 Å². The Kier molecular flexibility index (Phi) is 20.5. The largest absolute Gasteiger partial charge is 0.481 e. The van der Waals surface area contributed by atoms with E-state index in [1.165, 1.54) is 0 Å². The van der Waals surface area contributed by atoms with Crippen LogP contribution in [0.2, 0.25) is 0 Å². The molecule has 232 valence electrons. The molecule has 0 saturated carbocycles. The normalized spacial score (nSPS) is 14.1. The maximum absolute atomic E-state index is 12.1. The minimum Gasteiger partial charge on any atom is -0.481 e. The second-order valence-electron chi connectivity index (χ2n) is 7.70. The van der Waals surface area contributed by atoms with Gasteiger partial charge in [0.15, 0.2) is 6.04 Å². The van der Waals surface area contributed by atoms with Gasteiger partial charge in [0.25, 0.3) is 0 Å². The fraction of sp³-hybridized carbons (Fsp3) is 0.750. The van der Waals surface area contributed by atoms with E-state index in [0.717, 1.165) is 0 Å². The third-order valence-electron chi connectivity index (χ3n) is 4.35. The van der Waals surface area contributed by atoms with Crippen LogP contribution in [0.5, 0.6) is 0 Å². The van der Waals surface area contributed by atoms with E-state index in [0.29, 0.717) is 39.6 Å². The summed E-state index contributed by atoms with van der Waals surface area (Å²) in [6.07, 6.45) is -1.19. The number of ether oxygens (including phenoxy) is 4. The molecule has 0 bridgehead atoms. The van der Waals surface area contributed by atoms with E-state index < -0.39 is 82.2 Å². The summed E-state index contributed by atoms with van der Waals surface area (Å²) in [4.78, 5) is 66.5. The van der Waals surface area contributed by atoms with Crippen LogP contribution in [0.3, 0.4) is 0 Å². The zero-order valence-electron chi connectivity index (χ0n) is 21.7. The third-order valence-corrected chi connectivity index (χ3v) is 5.49. The molecule has 40 heavy (non-hydrogen) atoms. The third kappa shape index (κ3) is 21.1. The Morgan fingerprint density at radius 2 is 1.32 bits per heavy atom. The molecule has 0 fully saturated rings. The molecule has 0 aliphatic rings. The van der Waals surface area contributed by atoms with Crippen molar-refractivity contribution >= 4 is 37.5 Å². The van der Waals surface area contributed by atoms with Gasteiger partial charge in [-0.05, 0) is 6.42 Å². The lowest BCUT2D eigenvalue weighted by molar-refractivity contribution is -0.144. The highest BCUT2D eigenvalue weighted by atomic mass is 31.2. The van der Waals surface area contributed by atoms with Crippen molar-refractivity contribution in [1.29, 1.82) is 0 Å². The number of carbonyl (C=O) groups excluding carboxylic acids is 2. The van der Waals surface area contributed by atoms with Crippen LogP contribution in [0.4, 0.5) is 0 Å². The lowest BCUT2D eigenvalue weighted by atomic mass is 10.2. The molecule has 0 aromatic heterocycles. The van der Waals surface area contributed by atoms with E-state index in [4.69, 9.17) is 34.9 Å². The molecule has 0 saturated heterocycles. The molecule has 0 aliphatic carbocycles. The van der Waals surface area contributed by atoms with E-state index in [1.54, 1.807) is 5.09 Å². The molecule has 9 N–H and O–H groups in total. The number of rotatable bonds is 26. The predicted octanol–water partition coefficient (Wildman–Crippen LogP) is -3.28. The minimum absolute atomic E-state index is 0.153. The molecule has 0 rings (SSSR count). The van der Waals surface area contributed by atoms with Gasteiger partial charge in [-0.2, -0.15) is 0 Å². The van der Waals surface area contributed by atoms with Crippen LogP contribution in [-0.2, 0) is 52.0 Å². The molecule has 0 radical (unpaired) electrons. The first-order valence-electron chi connectivity index (χ1n) is 11.9. The predicted molar refractivity (Wildman–Crippen MR) is 132 cm³/mol. The van der Waals surface area contributed by atoms with Crippen molar-refractivity contribution in [2.75, 3.05) is 72.6 Å². The number of carbonyl (C=O) groups is 5. The van der Waals surface area contributed by atoms with E-state index in [-0.39, 0.29) is 13.2 Å². The first kappa shape index (κ1) is 37.3. The summed E-state index contributed by atoms with van der Waals surface area (Å²) in [7, 11) is -4.91. The van der Waals surface area contributed by atoms with Crippen LogP contribution in [-0.4, -0.2) is 135 Å². The Labute approximate surface area is 229 Å². The quantitative estimate of drug-likeness (QED) is 0.0354. The average Bonchev–Trinajstić information content (AvgIpc) is 2.87. The van der Waals surface area contributed by atoms with Gasteiger partial charge in [0, 0.05) is 19.5 Å². The van der Waals surface area contributed by atoms with Gasteiger partial charge in [-0.3, -0.25) is 23.7 Å². The van der Waals surface area contributed by atoms with Crippen molar-refractivity contribution in [2.24, 2.45) is 5.73 Å². The van der Waals surface area contributed by atoms with Crippen molar-refractivity contribution in [3.63, 3.8) is 0 Å². The summed E-state index contributed by atoms with van der Waals surface area (Å²) >= 11 is 0. The van der Waals surface area contributed by atoms with Gasteiger partial charge in [-0.25, -0.2) is 14.4 Å². The highest BCUT2D eigenvalue weighted by Crippen LogP contribution is 2.38. The second-order valence-corrected chi connectivity index (χ2v) is 9.25. The standard InChI is InChI=1S/C20H37N4O15P/c21-3-5-35-7-9-37-10-8-36-6-4-22-16(25)12-38-13-17(26)23-15(20(31)32)11-39-40(33,34)24-14(19(29)30)1-2-18(27)28/h14-15H,1-13,21H2,(H,22,25)(H,23,26)(H,27,28)(H,29,30)(H,31,32)(H2,24,33,34)/t14-,15?/m0/s1. The van der Waals surface area contributed by atoms with Crippen LogP contribution in [0, 0.1) is 0 Å². The Morgan fingerprint density at radius 1 is 0.775 bits per heavy atom. The number of aliphatic carboxylic acids is 3. The molecular weight excluding hydrogens is 567 g/mol. The lowest BCUT2D eigenvalue weighted by Gasteiger charge is -2.20. The molecule has 0 spiro atoms. The van der Waals surface area contributed by atoms with Crippen molar-refractivity contribution in [2.45, 2.75) is 24.9 Å².